The summed E-state index contributed by atoms with van der Waals surface area (Å²) in [4.78, 5) is 2.37. The Morgan fingerprint density at radius 2 is 2.32 bits per heavy atom. The zero-order chi connectivity index (χ0) is 15.4. The van der Waals surface area contributed by atoms with Gasteiger partial charge in [0.1, 0.15) is 0 Å². The third kappa shape index (κ3) is 3.52. The monoisotopic (exact) mass is 302 g/mol. The van der Waals surface area contributed by atoms with Crippen LogP contribution in [-0.4, -0.2) is 52.8 Å². The minimum atomic E-state index is 0.420. The van der Waals surface area contributed by atoms with Gasteiger partial charge in [0.25, 0.3) is 0 Å². The molecule has 2 aromatic rings. The largest absolute Gasteiger partial charge is 0.380 e. The summed E-state index contributed by atoms with van der Waals surface area (Å²) in [7, 11) is 1.70. The summed E-state index contributed by atoms with van der Waals surface area (Å²) >= 11 is 0. The first-order valence-corrected chi connectivity index (χ1v) is 7.57. The number of morpholine rings is 1. The maximum atomic E-state index is 5.47. The van der Waals surface area contributed by atoms with Gasteiger partial charge in [-0.2, -0.15) is 0 Å². The van der Waals surface area contributed by atoms with Gasteiger partial charge in [-0.05, 0) is 24.6 Å². The Bertz CT molecular complexity index is 614. The summed E-state index contributed by atoms with van der Waals surface area (Å²) in [5.41, 5.74) is 3.10. The van der Waals surface area contributed by atoms with Crippen molar-refractivity contribution in [1.29, 1.82) is 0 Å². The van der Waals surface area contributed by atoms with Crippen LogP contribution in [0.1, 0.15) is 18.2 Å². The quantitative estimate of drug-likeness (QED) is 0.840. The minimum Gasteiger partial charge on any atom is -0.380 e. The van der Waals surface area contributed by atoms with E-state index in [4.69, 9.17) is 9.47 Å². The molecule has 0 radical (unpaired) electrons. The van der Waals surface area contributed by atoms with Crippen molar-refractivity contribution in [2.45, 2.75) is 26.1 Å². The van der Waals surface area contributed by atoms with E-state index >= 15 is 0 Å². The number of methoxy groups -OCH3 is 1. The van der Waals surface area contributed by atoms with Crippen molar-refractivity contribution in [1.82, 2.24) is 19.9 Å². The molecular formula is C16H22N4O2. The summed E-state index contributed by atoms with van der Waals surface area (Å²) in [6.07, 6.45) is 1.99. The van der Waals surface area contributed by atoms with Crippen molar-refractivity contribution in [2.24, 2.45) is 0 Å². The highest BCUT2D eigenvalue weighted by atomic mass is 16.5. The van der Waals surface area contributed by atoms with Crippen LogP contribution in [0, 0.1) is 0 Å². The maximum Gasteiger partial charge on any atom is 0.0971 e. The van der Waals surface area contributed by atoms with Crippen molar-refractivity contribution in [3.63, 3.8) is 0 Å². The zero-order valence-corrected chi connectivity index (χ0v) is 13.1. The molecule has 1 saturated heterocycles. The Hall–Kier alpha value is -1.76. The van der Waals surface area contributed by atoms with E-state index in [0.717, 1.165) is 43.2 Å². The number of nitrogens with zero attached hydrogens (tertiary/aromatic N) is 4. The van der Waals surface area contributed by atoms with Crippen molar-refractivity contribution >= 4 is 0 Å². The number of benzene rings is 1. The zero-order valence-electron chi connectivity index (χ0n) is 13.1. The van der Waals surface area contributed by atoms with Crippen LogP contribution >= 0.6 is 0 Å². The highest BCUT2D eigenvalue weighted by molar-refractivity contribution is 5.34. The fraction of sp³-hybridized carbons (Fsp3) is 0.500. The van der Waals surface area contributed by atoms with Crippen molar-refractivity contribution in [2.75, 3.05) is 26.9 Å². The Morgan fingerprint density at radius 3 is 3.14 bits per heavy atom. The lowest BCUT2D eigenvalue weighted by Crippen LogP contribution is -2.42. The van der Waals surface area contributed by atoms with Gasteiger partial charge in [0.15, 0.2) is 0 Å². The van der Waals surface area contributed by atoms with Crippen LogP contribution in [0.15, 0.2) is 30.5 Å². The number of hydrogen-bond donors (Lipinski definition) is 0. The molecule has 6 nitrogen and oxygen atoms in total. The van der Waals surface area contributed by atoms with Gasteiger partial charge in [0, 0.05) is 26.2 Å². The standard InChI is InChI=1S/C16H22N4O2/c1-13-11-22-7-6-19(13)9-15-10-20(18-17-15)16-5-3-4-14(8-16)12-21-2/h3-5,8,10,13H,6-7,9,11-12H2,1-2H3/t13-/m1/s1. The summed E-state index contributed by atoms with van der Waals surface area (Å²) in [6.45, 7) is 6.10. The summed E-state index contributed by atoms with van der Waals surface area (Å²) < 4.78 is 12.5. The Morgan fingerprint density at radius 1 is 1.41 bits per heavy atom. The summed E-state index contributed by atoms with van der Waals surface area (Å²) in [5, 5.41) is 8.54. The second kappa shape index (κ2) is 7.00. The van der Waals surface area contributed by atoms with Crippen molar-refractivity contribution < 1.29 is 9.47 Å². The van der Waals surface area contributed by atoms with E-state index in [1.54, 1.807) is 7.11 Å². The molecule has 1 atom stereocenters. The molecule has 22 heavy (non-hydrogen) atoms. The average molecular weight is 302 g/mol. The lowest BCUT2D eigenvalue weighted by atomic mass is 10.2. The Labute approximate surface area is 130 Å². The van der Waals surface area contributed by atoms with Crippen LogP contribution < -0.4 is 0 Å². The topological polar surface area (TPSA) is 52.4 Å². The molecule has 0 unspecified atom stereocenters. The van der Waals surface area contributed by atoms with Crippen LogP contribution in [0.5, 0.6) is 0 Å². The van der Waals surface area contributed by atoms with Gasteiger partial charge < -0.3 is 9.47 Å². The van der Waals surface area contributed by atoms with E-state index in [0.29, 0.717) is 12.6 Å². The molecule has 0 bridgehead atoms. The molecule has 1 aromatic heterocycles. The van der Waals surface area contributed by atoms with E-state index in [1.165, 1.54) is 0 Å². The molecule has 1 aliphatic heterocycles. The molecule has 0 saturated carbocycles. The smallest absolute Gasteiger partial charge is 0.0971 e. The maximum absolute atomic E-state index is 5.47. The molecule has 1 fully saturated rings. The van der Waals surface area contributed by atoms with E-state index in [-0.39, 0.29) is 0 Å². The lowest BCUT2D eigenvalue weighted by molar-refractivity contribution is -0.00492. The molecule has 2 heterocycles. The predicted octanol–water partition coefficient (Wildman–Crippen LogP) is 1.63. The van der Waals surface area contributed by atoms with Crippen molar-refractivity contribution in [3.05, 3.63) is 41.7 Å². The van der Waals surface area contributed by atoms with Crippen LogP contribution in [0.2, 0.25) is 0 Å². The van der Waals surface area contributed by atoms with Gasteiger partial charge in [-0.25, -0.2) is 4.68 Å². The molecule has 0 amide bonds. The van der Waals surface area contributed by atoms with Gasteiger partial charge in [-0.1, -0.05) is 17.3 Å². The second-order valence-corrected chi connectivity index (χ2v) is 5.65. The highest BCUT2D eigenvalue weighted by Gasteiger charge is 2.19. The fourth-order valence-electron chi connectivity index (χ4n) is 2.66. The Kier molecular flexibility index (Phi) is 4.82. The summed E-state index contributed by atoms with van der Waals surface area (Å²) in [6, 6.07) is 8.56. The van der Waals surface area contributed by atoms with E-state index in [9.17, 15) is 0 Å². The normalized spacial score (nSPS) is 19.5. The first kappa shape index (κ1) is 15.1. The number of aromatic nitrogens is 3. The molecule has 6 heteroatoms. The van der Waals surface area contributed by atoms with E-state index in [1.807, 2.05) is 29.1 Å². The minimum absolute atomic E-state index is 0.420. The van der Waals surface area contributed by atoms with Gasteiger partial charge in [0.2, 0.25) is 0 Å². The second-order valence-electron chi connectivity index (χ2n) is 5.65. The van der Waals surface area contributed by atoms with Crippen LogP contribution in [0.25, 0.3) is 5.69 Å². The number of ether oxygens (including phenoxy) is 2. The van der Waals surface area contributed by atoms with Gasteiger partial charge >= 0.3 is 0 Å². The third-order valence-electron chi connectivity index (χ3n) is 3.90. The number of rotatable bonds is 5. The number of hydrogen-bond acceptors (Lipinski definition) is 5. The predicted molar refractivity (Wildman–Crippen MR) is 82.8 cm³/mol. The molecule has 118 valence electrons. The van der Waals surface area contributed by atoms with Crippen LogP contribution in [-0.2, 0) is 22.6 Å². The van der Waals surface area contributed by atoms with Gasteiger partial charge in [-0.3, -0.25) is 4.90 Å². The Balaban J connectivity index is 1.71. The van der Waals surface area contributed by atoms with E-state index in [2.05, 4.69) is 28.2 Å². The molecule has 3 rings (SSSR count). The molecule has 1 aromatic carbocycles. The van der Waals surface area contributed by atoms with Gasteiger partial charge in [0.05, 0.1) is 37.4 Å². The molecule has 0 aliphatic carbocycles. The van der Waals surface area contributed by atoms with E-state index < -0.39 is 0 Å². The van der Waals surface area contributed by atoms with Crippen LogP contribution in [0.4, 0.5) is 0 Å². The van der Waals surface area contributed by atoms with Crippen LogP contribution in [0.3, 0.4) is 0 Å². The average Bonchev–Trinajstić information content (AvgIpc) is 2.99. The molecular weight excluding hydrogens is 280 g/mol. The summed E-state index contributed by atoms with van der Waals surface area (Å²) in [5.74, 6) is 0. The first-order chi connectivity index (χ1) is 10.8. The first-order valence-electron chi connectivity index (χ1n) is 7.57. The lowest BCUT2D eigenvalue weighted by Gasteiger charge is -2.32. The SMILES string of the molecule is COCc1cccc(-n2cc(CN3CCOC[C@H]3C)nn2)c1. The third-order valence-corrected chi connectivity index (χ3v) is 3.90. The molecule has 1 aliphatic rings. The molecule has 0 N–H and O–H groups in total. The highest BCUT2D eigenvalue weighted by Crippen LogP contribution is 2.13. The molecule has 0 spiro atoms. The van der Waals surface area contributed by atoms with Crippen molar-refractivity contribution in [3.8, 4) is 5.69 Å². The van der Waals surface area contributed by atoms with Gasteiger partial charge in [-0.15, -0.1) is 5.10 Å². The fourth-order valence-corrected chi connectivity index (χ4v) is 2.66.